The zero-order valence-electron chi connectivity index (χ0n) is 13.3. The van der Waals surface area contributed by atoms with Gasteiger partial charge in [-0.2, -0.15) is 20.0 Å². The summed E-state index contributed by atoms with van der Waals surface area (Å²) in [6.07, 6.45) is 3.70. The highest BCUT2D eigenvalue weighted by Crippen LogP contribution is 2.22. The predicted molar refractivity (Wildman–Crippen MR) is 102 cm³/mol. The number of rotatable bonds is 4. The van der Waals surface area contributed by atoms with Gasteiger partial charge in [-0.05, 0) is 42.7 Å². The quantitative estimate of drug-likeness (QED) is 0.438. The van der Waals surface area contributed by atoms with Gasteiger partial charge in [-0.15, -0.1) is 11.3 Å². The van der Waals surface area contributed by atoms with E-state index in [4.69, 9.17) is 12.2 Å². The smallest absolute Gasteiger partial charge is 0.216 e. The summed E-state index contributed by atoms with van der Waals surface area (Å²) in [7, 11) is 0. The molecule has 0 aliphatic rings. The molecule has 3 aromatic heterocycles. The highest BCUT2D eigenvalue weighted by Gasteiger charge is 2.09. The largest absolute Gasteiger partial charge is 0.250 e. The normalized spacial score (nSPS) is 11.4. The second kappa shape index (κ2) is 6.58. The number of thiophene rings is 1. The van der Waals surface area contributed by atoms with Crippen LogP contribution in [0.2, 0.25) is 0 Å². The molecule has 0 saturated heterocycles. The van der Waals surface area contributed by atoms with Crippen LogP contribution >= 0.6 is 23.6 Å². The van der Waals surface area contributed by atoms with Crippen molar-refractivity contribution in [2.75, 3.05) is 0 Å². The molecule has 0 atom stereocenters. The lowest BCUT2D eigenvalue weighted by atomic mass is 10.3. The van der Waals surface area contributed by atoms with Crippen LogP contribution < -0.4 is 0 Å². The van der Waals surface area contributed by atoms with Gasteiger partial charge in [0.1, 0.15) is 0 Å². The summed E-state index contributed by atoms with van der Waals surface area (Å²) in [5.74, 6) is 0.698. The molecule has 25 heavy (non-hydrogen) atoms. The molecule has 0 saturated carbocycles. The van der Waals surface area contributed by atoms with Gasteiger partial charge in [0.25, 0.3) is 0 Å². The molecule has 0 aliphatic heterocycles. The summed E-state index contributed by atoms with van der Waals surface area (Å²) < 4.78 is 3.92. The lowest BCUT2D eigenvalue weighted by Gasteiger charge is -1.98. The first-order valence-electron chi connectivity index (χ1n) is 7.60. The van der Waals surface area contributed by atoms with Gasteiger partial charge in [0, 0.05) is 11.8 Å². The van der Waals surface area contributed by atoms with Crippen LogP contribution in [0.4, 0.5) is 0 Å². The van der Waals surface area contributed by atoms with Crippen molar-refractivity contribution in [1.29, 1.82) is 0 Å². The van der Waals surface area contributed by atoms with Crippen LogP contribution in [0.1, 0.15) is 11.3 Å². The third-order valence-electron chi connectivity index (χ3n) is 3.66. The van der Waals surface area contributed by atoms with E-state index in [2.05, 4.69) is 20.4 Å². The summed E-state index contributed by atoms with van der Waals surface area (Å²) in [6, 6.07) is 13.9. The van der Waals surface area contributed by atoms with Gasteiger partial charge in [0.2, 0.25) is 4.77 Å². The van der Waals surface area contributed by atoms with Crippen molar-refractivity contribution in [2.45, 2.75) is 6.92 Å². The number of aromatic nitrogens is 5. The van der Waals surface area contributed by atoms with Crippen molar-refractivity contribution < 1.29 is 0 Å². The van der Waals surface area contributed by atoms with Gasteiger partial charge in [-0.25, -0.2) is 9.78 Å². The number of benzene rings is 1. The minimum atomic E-state index is 0.452. The third-order valence-corrected chi connectivity index (χ3v) is 4.79. The Morgan fingerprint density at radius 3 is 2.80 bits per heavy atom. The molecule has 3 heterocycles. The van der Waals surface area contributed by atoms with Gasteiger partial charge in [0.05, 0.1) is 22.5 Å². The molecular weight excluding hydrogens is 352 g/mol. The van der Waals surface area contributed by atoms with Crippen molar-refractivity contribution in [1.82, 2.24) is 24.7 Å². The Kier molecular flexibility index (Phi) is 4.12. The molecule has 0 aliphatic carbocycles. The van der Waals surface area contributed by atoms with Gasteiger partial charge in [0.15, 0.2) is 5.82 Å². The van der Waals surface area contributed by atoms with Gasteiger partial charge in [-0.1, -0.05) is 24.3 Å². The van der Waals surface area contributed by atoms with E-state index in [0.29, 0.717) is 10.6 Å². The maximum atomic E-state index is 5.29. The molecule has 4 rings (SSSR count). The number of aryl methyl sites for hydroxylation is 1. The minimum absolute atomic E-state index is 0.452. The number of nitrogens with zero attached hydrogens (tertiary/aromatic N) is 5. The fraction of sp³-hybridized carbons (Fsp3) is 0.0588. The van der Waals surface area contributed by atoms with E-state index in [1.807, 2.05) is 65.6 Å². The molecule has 0 unspecified atom stereocenters. The first-order valence-corrected chi connectivity index (χ1v) is 8.88. The molecule has 0 spiro atoms. The standard InChI is InChI=1S/C17H14N6S2/c1-12-13(11-22(21-12)14-6-3-2-4-7-14)10-18-23-16(19-20-17(23)24)15-8-5-9-25-15/h2-11H,1H3,(H,20,24)/b18-10+. The predicted octanol–water partition coefficient (Wildman–Crippen LogP) is 4.05. The van der Waals surface area contributed by atoms with Gasteiger partial charge >= 0.3 is 0 Å². The van der Waals surface area contributed by atoms with Crippen LogP contribution in [0.25, 0.3) is 16.4 Å². The maximum Gasteiger partial charge on any atom is 0.216 e. The second-order valence-electron chi connectivity index (χ2n) is 5.34. The third kappa shape index (κ3) is 3.09. The Morgan fingerprint density at radius 1 is 1.20 bits per heavy atom. The Labute approximate surface area is 153 Å². The van der Waals surface area contributed by atoms with Gasteiger partial charge in [-0.3, -0.25) is 0 Å². The topological polar surface area (TPSA) is 63.8 Å². The number of H-pyrrole nitrogens is 1. The molecule has 4 aromatic rings. The second-order valence-corrected chi connectivity index (χ2v) is 6.67. The average Bonchev–Trinajstić information content (AvgIpc) is 3.35. The van der Waals surface area contributed by atoms with Crippen LogP contribution in [0, 0.1) is 11.7 Å². The summed E-state index contributed by atoms with van der Waals surface area (Å²) >= 11 is 6.88. The van der Waals surface area contributed by atoms with Crippen LogP contribution in [-0.4, -0.2) is 30.9 Å². The monoisotopic (exact) mass is 366 g/mol. The summed E-state index contributed by atoms with van der Waals surface area (Å²) in [4.78, 5) is 1.00. The Morgan fingerprint density at radius 2 is 2.04 bits per heavy atom. The average molecular weight is 366 g/mol. The SMILES string of the molecule is Cc1nn(-c2ccccc2)cc1/C=N/n1c(-c2cccs2)n[nH]c1=S. The van der Waals surface area contributed by atoms with E-state index in [0.717, 1.165) is 21.8 Å². The fourth-order valence-corrected chi connectivity index (χ4v) is 3.27. The molecule has 124 valence electrons. The minimum Gasteiger partial charge on any atom is -0.250 e. The lowest BCUT2D eigenvalue weighted by molar-refractivity contribution is 0.863. The molecule has 1 N–H and O–H groups in total. The first-order chi connectivity index (χ1) is 12.2. The molecule has 0 fully saturated rings. The van der Waals surface area contributed by atoms with Crippen LogP contribution in [-0.2, 0) is 0 Å². The number of hydrogen-bond donors (Lipinski definition) is 1. The van der Waals surface area contributed by atoms with E-state index in [9.17, 15) is 0 Å². The number of para-hydroxylation sites is 1. The van der Waals surface area contributed by atoms with Crippen LogP contribution in [0.15, 0.2) is 59.1 Å². The molecule has 1 aromatic carbocycles. The fourth-order valence-electron chi connectivity index (χ4n) is 2.40. The van der Waals surface area contributed by atoms with E-state index in [-0.39, 0.29) is 0 Å². The summed E-state index contributed by atoms with van der Waals surface area (Å²) in [5, 5.41) is 18.1. The highest BCUT2D eigenvalue weighted by molar-refractivity contribution is 7.71. The Hall–Kier alpha value is -2.84. The van der Waals surface area contributed by atoms with Gasteiger partial charge < -0.3 is 0 Å². The van der Waals surface area contributed by atoms with Crippen LogP contribution in [0.3, 0.4) is 0 Å². The zero-order valence-corrected chi connectivity index (χ0v) is 15.0. The van der Waals surface area contributed by atoms with E-state index < -0.39 is 0 Å². The van der Waals surface area contributed by atoms with Crippen molar-refractivity contribution >= 4 is 29.8 Å². The molecule has 8 heteroatoms. The van der Waals surface area contributed by atoms with E-state index in [1.54, 1.807) is 22.2 Å². The summed E-state index contributed by atoms with van der Waals surface area (Å²) in [6.45, 7) is 1.95. The number of nitrogens with one attached hydrogen (secondary N) is 1. The number of hydrogen-bond acceptors (Lipinski definition) is 5. The molecule has 0 radical (unpaired) electrons. The zero-order chi connectivity index (χ0) is 17.2. The highest BCUT2D eigenvalue weighted by atomic mass is 32.1. The van der Waals surface area contributed by atoms with E-state index >= 15 is 0 Å². The molecule has 0 bridgehead atoms. The van der Waals surface area contributed by atoms with Crippen molar-refractivity contribution in [3.63, 3.8) is 0 Å². The van der Waals surface area contributed by atoms with E-state index in [1.165, 1.54) is 0 Å². The summed E-state index contributed by atoms with van der Waals surface area (Å²) in [5.41, 5.74) is 2.81. The van der Waals surface area contributed by atoms with Crippen molar-refractivity contribution in [3.8, 4) is 16.4 Å². The molecular formula is C17H14N6S2. The Bertz CT molecular complexity index is 1070. The maximum absolute atomic E-state index is 5.29. The molecule has 6 nitrogen and oxygen atoms in total. The lowest BCUT2D eigenvalue weighted by Crippen LogP contribution is -1.94. The molecule has 0 amide bonds. The van der Waals surface area contributed by atoms with Crippen molar-refractivity contribution in [3.05, 3.63) is 70.1 Å². The van der Waals surface area contributed by atoms with Crippen molar-refractivity contribution in [2.24, 2.45) is 5.10 Å². The van der Waals surface area contributed by atoms with Crippen LogP contribution in [0.5, 0.6) is 0 Å². The Balaban J connectivity index is 1.69. The first kappa shape index (κ1) is 15.7. The number of aromatic amines is 1.